The van der Waals surface area contributed by atoms with Gasteiger partial charge in [-0.05, 0) is 29.5 Å². The maximum atomic E-state index is 13.2. The number of hydrogen-bond donors (Lipinski definition) is 3. The molecule has 3 N–H and O–H groups in total. The lowest BCUT2D eigenvalue weighted by Crippen LogP contribution is -2.34. The fraction of sp³-hybridized carbons (Fsp3) is 0.455. The van der Waals surface area contributed by atoms with Crippen LogP contribution in [0, 0.1) is 5.41 Å². The average Bonchev–Trinajstić information content (AvgIpc) is 2.98. The van der Waals surface area contributed by atoms with Gasteiger partial charge < -0.3 is 20.1 Å². The Hall–Kier alpha value is -2.76. The van der Waals surface area contributed by atoms with Crippen molar-refractivity contribution in [2.24, 2.45) is 5.41 Å². The molecule has 1 aromatic carbocycles. The number of aromatic nitrogens is 1. The molecule has 2 heterocycles. The Balaban J connectivity index is 1.98. The summed E-state index contributed by atoms with van der Waals surface area (Å²) in [6.07, 6.45) is 1.18. The summed E-state index contributed by atoms with van der Waals surface area (Å²) in [7, 11) is 0. The molecule has 1 aromatic heterocycles. The summed E-state index contributed by atoms with van der Waals surface area (Å²) < 4.78 is 5.65. The molecule has 28 heavy (non-hydrogen) atoms. The molecule has 1 aliphatic heterocycles. The standard InChI is InChI=1S/C22H26N2O4/c1-21(2,3)19-18-16(11-6-7-13(25)14(26)8-11)17-12(23-20(18)28-24-19)9-22(4,5)10-15(17)27/h6-8,16,23,25-26H,9-10H2,1-5H3/t16-/m0/s1. The van der Waals surface area contributed by atoms with Gasteiger partial charge in [0.15, 0.2) is 17.3 Å². The Morgan fingerprint density at radius 1 is 1.18 bits per heavy atom. The number of allylic oxidation sites excluding steroid dienone is 2. The second-order valence-corrected chi connectivity index (χ2v) is 9.66. The van der Waals surface area contributed by atoms with Crippen LogP contribution in [0.2, 0.25) is 0 Å². The van der Waals surface area contributed by atoms with Crippen LogP contribution in [0.3, 0.4) is 0 Å². The van der Waals surface area contributed by atoms with E-state index in [0.717, 1.165) is 28.9 Å². The fourth-order valence-corrected chi connectivity index (χ4v) is 4.31. The Bertz CT molecular complexity index is 1010. The topological polar surface area (TPSA) is 95.6 Å². The van der Waals surface area contributed by atoms with Crippen molar-refractivity contribution in [2.75, 3.05) is 5.32 Å². The Labute approximate surface area is 164 Å². The molecule has 2 aromatic rings. The number of carbonyl (C=O) groups excluding carboxylic acids is 1. The van der Waals surface area contributed by atoms with Gasteiger partial charge in [-0.25, -0.2) is 0 Å². The molecule has 0 amide bonds. The first-order valence-electron chi connectivity index (χ1n) is 9.53. The highest BCUT2D eigenvalue weighted by molar-refractivity contribution is 6.01. The van der Waals surface area contributed by atoms with E-state index in [4.69, 9.17) is 4.52 Å². The van der Waals surface area contributed by atoms with E-state index < -0.39 is 5.92 Å². The van der Waals surface area contributed by atoms with Gasteiger partial charge in [0.25, 0.3) is 0 Å². The number of fused-ring (bicyclic) bond motifs is 1. The molecule has 0 fully saturated rings. The van der Waals surface area contributed by atoms with Gasteiger partial charge in [0, 0.05) is 29.0 Å². The number of carbonyl (C=O) groups is 1. The molecule has 0 saturated heterocycles. The van der Waals surface area contributed by atoms with E-state index in [0.29, 0.717) is 17.9 Å². The van der Waals surface area contributed by atoms with E-state index in [1.165, 1.54) is 12.1 Å². The molecular formula is C22H26N2O4. The highest BCUT2D eigenvalue weighted by atomic mass is 16.5. The summed E-state index contributed by atoms with van der Waals surface area (Å²) in [6.45, 7) is 10.3. The van der Waals surface area contributed by atoms with E-state index >= 15 is 0 Å². The number of benzene rings is 1. The first-order chi connectivity index (χ1) is 13.0. The van der Waals surface area contributed by atoms with Crippen molar-refractivity contribution in [1.82, 2.24) is 5.16 Å². The molecule has 0 unspecified atom stereocenters. The summed E-state index contributed by atoms with van der Waals surface area (Å²) in [4.78, 5) is 13.2. The first-order valence-corrected chi connectivity index (χ1v) is 9.53. The first kappa shape index (κ1) is 18.6. The molecule has 1 aliphatic carbocycles. The van der Waals surface area contributed by atoms with Crippen molar-refractivity contribution in [3.05, 3.63) is 46.3 Å². The maximum Gasteiger partial charge on any atom is 0.233 e. The minimum Gasteiger partial charge on any atom is -0.504 e. The van der Waals surface area contributed by atoms with Gasteiger partial charge in [0.1, 0.15) is 0 Å². The van der Waals surface area contributed by atoms with Crippen LogP contribution in [0.5, 0.6) is 11.5 Å². The number of anilines is 1. The summed E-state index contributed by atoms with van der Waals surface area (Å²) in [5, 5.41) is 27.5. The summed E-state index contributed by atoms with van der Waals surface area (Å²) in [5.74, 6) is -0.168. The van der Waals surface area contributed by atoms with Crippen LogP contribution in [-0.4, -0.2) is 21.2 Å². The van der Waals surface area contributed by atoms with Gasteiger partial charge in [-0.1, -0.05) is 45.8 Å². The summed E-state index contributed by atoms with van der Waals surface area (Å²) in [5.41, 5.74) is 3.45. The van der Waals surface area contributed by atoms with Crippen LogP contribution < -0.4 is 5.32 Å². The van der Waals surface area contributed by atoms with Crippen LogP contribution in [0.1, 0.15) is 70.2 Å². The molecule has 0 radical (unpaired) electrons. The smallest absolute Gasteiger partial charge is 0.233 e. The van der Waals surface area contributed by atoms with Gasteiger partial charge in [-0.2, -0.15) is 0 Å². The predicted molar refractivity (Wildman–Crippen MR) is 105 cm³/mol. The zero-order valence-electron chi connectivity index (χ0n) is 16.9. The van der Waals surface area contributed by atoms with E-state index in [1.54, 1.807) is 6.07 Å². The third kappa shape index (κ3) is 2.87. The number of Topliss-reactive ketones (excluding diaryl/α,β-unsaturated/α-hetero) is 1. The van der Waals surface area contributed by atoms with E-state index in [2.05, 4.69) is 24.3 Å². The van der Waals surface area contributed by atoms with Crippen LogP contribution in [0.25, 0.3) is 0 Å². The van der Waals surface area contributed by atoms with Crippen molar-refractivity contribution in [3.8, 4) is 11.5 Å². The number of nitrogens with one attached hydrogen (secondary N) is 1. The van der Waals surface area contributed by atoms with Crippen LogP contribution in [0.15, 0.2) is 34.0 Å². The lowest BCUT2D eigenvalue weighted by Gasteiger charge is -2.38. The van der Waals surface area contributed by atoms with Crippen LogP contribution in [0.4, 0.5) is 5.88 Å². The highest BCUT2D eigenvalue weighted by Crippen LogP contribution is 2.52. The molecule has 0 saturated carbocycles. The molecular weight excluding hydrogens is 356 g/mol. The van der Waals surface area contributed by atoms with Crippen LogP contribution >= 0.6 is 0 Å². The molecule has 2 aliphatic rings. The lowest BCUT2D eigenvalue weighted by molar-refractivity contribution is -0.118. The Morgan fingerprint density at radius 3 is 2.54 bits per heavy atom. The van der Waals surface area contributed by atoms with Gasteiger partial charge in [-0.3, -0.25) is 4.79 Å². The number of nitrogens with zero attached hydrogens (tertiary/aromatic N) is 1. The number of aromatic hydroxyl groups is 2. The third-order valence-electron chi connectivity index (χ3n) is 5.53. The second kappa shape index (κ2) is 5.87. The van der Waals surface area contributed by atoms with Crippen LogP contribution in [-0.2, 0) is 10.2 Å². The molecule has 0 spiro atoms. The monoisotopic (exact) mass is 382 g/mol. The number of rotatable bonds is 1. The van der Waals surface area contributed by atoms with Gasteiger partial charge in [0.2, 0.25) is 5.88 Å². The average molecular weight is 382 g/mol. The van der Waals surface area contributed by atoms with Gasteiger partial charge in [0.05, 0.1) is 11.3 Å². The minimum atomic E-state index is -0.401. The molecule has 6 heteroatoms. The maximum absolute atomic E-state index is 13.2. The molecule has 4 rings (SSSR count). The Kier molecular flexibility index (Phi) is 3.90. The van der Waals surface area contributed by atoms with E-state index in [1.807, 2.05) is 20.8 Å². The zero-order valence-corrected chi connectivity index (χ0v) is 16.9. The number of phenols is 2. The summed E-state index contributed by atoms with van der Waals surface area (Å²) >= 11 is 0. The third-order valence-corrected chi connectivity index (χ3v) is 5.53. The second-order valence-electron chi connectivity index (χ2n) is 9.66. The Morgan fingerprint density at radius 2 is 1.89 bits per heavy atom. The van der Waals surface area contributed by atoms with Crippen molar-refractivity contribution < 1.29 is 19.5 Å². The molecule has 1 atom stereocenters. The summed E-state index contributed by atoms with van der Waals surface area (Å²) in [6, 6.07) is 4.71. The van der Waals surface area contributed by atoms with E-state index in [9.17, 15) is 15.0 Å². The SMILES string of the molecule is CC1(C)CC(=O)C2=C(C1)Nc1onc(C(C)(C)C)c1[C@H]2c1ccc(O)c(O)c1. The van der Waals surface area contributed by atoms with Crippen molar-refractivity contribution in [1.29, 1.82) is 0 Å². The van der Waals surface area contributed by atoms with Crippen molar-refractivity contribution in [2.45, 2.75) is 58.8 Å². The number of ketones is 1. The predicted octanol–water partition coefficient (Wildman–Crippen LogP) is 4.58. The molecule has 0 bridgehead atoms. The van der Waals surface area contributed by atoms with E-state index in [-0.39, 0.29) is 28.1 Å². The number of hydrogen-bond acceptors (Lipinski definition) is 6. The minimum absolute atomic E-state index is 0.0861. The molecule has 148 valence electrons. The normalized spacial score (nSPS) is 21.2. The van der Waals surface area contributed by atoms with Crippen molar-refractivity contribution in [3.63, 3.8) is 0 Å². The zero-order chi connectivity index (χ0) is 20.4. The highest BCUT2D eigenvalue weighted by Gasteiger charge is 2.44. The van der Waals surface area contributed by atoms with Crippen molar-refractivity contribution >= 4 is 11.7 Å². The van der Waals surface area contributed by atoms with Gasteiger partial charge >= 0.3 is 0 Å². The largest absolute Gasteiger partial charge is 0.504 e. The number of phenolic OH excluding ortho intramolecular Hbond substituents is 2. The molecule has 6 nitrogen and oxygen atoms in total. The van der Waals surface area contributed by atoms with Gasteiger partial charge in [-0.15, -0.1) is 0 Å². The fourth-order valence-electron chi connectivity index (χ4n) is 4.31. The lowest BCUT2D eigenvalue weighted by atomic mass is 9.68. The quantitative estimate of drug-likeness (QED) is 0.625.